The predicted molar refractivity (Wildman–Crippen MR) is 76.5 cm³/mol. The molecule has 6 nitrogen and oxygen atoms in total. The van der Waals surface area contributed by atoms with E-state index in [1.807, 2.05) is 12.1 Å². The van der Waals surface area contributed by atoms with E-state index >= 15 is 0 Å². The summed E-state index contributed by atoms with van der Waals surface area (Å²) >= 11 is 0. The molecule has 0 atom stereocenters. The van der Waals surface area contributed by atoms with E-state index < -0.39 is 0 Å². The summed E-state index contributed by atoms with van der Waals surface area (Å²) in [5.41, 5.74) is 2.57. The summed E-state index contributed by atoms with van der Waals surface area (Å²) in [6.45, 7) is 0.113. The number of H-pyrrole nitrogens is 1. The number of nitrogens with zero attached hydrogens (tertiary/aromatic N) is 2. The molecule has 6 heteroatoms. The Morgan fingerprint density at radius 3 is 2.67 bits per heavy atom. The zero-order valence-corrected chi connectivity index (χ0v) is 11.5. The van der Waals surface area contributed by atoms with Crippen molar-refractivity contribution in [3.05, 3.63) is 57.8 Å². The van der Waals surface area contributed by atoms with Crippen molar-refractivity contribution in [3.63, 3.8) is 0 Å². The van der Waals surface area contributed by atoms with Crippen molar-refractivity contribution >= 4 is 5.91 Å². The number of fused-ring (bicyclic) bond motifs is 1. The van der Waals surface area contributed by atoms with E-state index in [-0.39, 0.29) is 23.7 Å². The number of carbonyl (C=O) groups excluding carboxylic acids is 1. The van der Waals surface area contributed by atoms with Gasteiger partial charge in [-0.25, -0.2) is 0 Å². The number of hydrogen-bond donors (Lipinski definition) is 2. The van der Waals surface area contributed by atoms with Gasteiger partial charge in [-0.15, -0.1) is 10.2 Å². The summed E-state index contributed by atoms with van der Waals surface area (Å²) in [6, 6.07) is 8.29. The molecule has 0 unspecified atom stereocenters. The van der Waals surface area contributed by atoms with Gasteiger partial charge < -0.3 is 10.3 Å². The normalized spacial score (nSPS) is 13.9. The van der Waals surface area contributed by atoms with Crippen molar-refractivity contribution in [3.8, 4) is 0 Å². The summed E-state index contributed by atoms with van der Waals surface area (Å²) in [6.07, 6.45) is 3.57. The Morgan fingerprint density at radius 1 is 1.29 bits per heavy atom. The SMILES string of the molecule is O=C(CC1Cc2ccccc2C1)NCc1nnc[nH]c1=O. The Morgan fingerprint density at radius 2 is 2.00 bits per heavy atom. The van der Waals surface area contributed by atoms with E-state index in [1.54, 1.807) is 0 Å². The van der Waals surface area contributed by atoms with Gasteiger partial charge in [-0.2, -0.15) is 0 Å². The molecule has 2 aromatic rings. The Labute approximate surface area is 121 Å². The fraction of sp³-hybridized carbons (Fsp3) is 0.333. The van der Waals surface area contributed by atoms with E-state index in [2.05, 4.69) is 32.6 Å². The molecule has 1 aromatic carbocycles. The van der Waals surface area contributed by atoms with Crippen LogP contribution in [0, 0.1) is 5.92 Å². The highest BCUT2D eigenvalue weighted by molar-refractivity contribution is 5.76. The molecule has 0 saturated heterocycles. The van der Waals surface area contributed by atoms with Gasteiger partial charge in [-0.1, -0.05) is 24.3 Å². The fourth-order valence-corrected chi connectivity index (χ4v) is 2.74. The molecule has 0 radical (unpaired) electrons. The van der Waals surface area contributed by atoms with E-state index in [4.69, 9.17) is 0 Å². The maximum absolute atomic E-state index is 12.0. The number of aromatic nitrogens is 3. The van der Waals surface area contributed by atoms with Crippen LogP contribution in [0.5, 0.6) is 0 Å². The summed E-state index contributed by atoms with van der Waals surface area (Å²) < 4.78 is 0. The number of rotatable bonds is 4. The van der Waals surface area contributed by atoms with Crippen LogP contribution >= 0.6 is 0 Å². The second-order valence-corrected chi connectivity index (χ2v) is 5.29. The summed E-state index contributed by atoms with van der Waals surface area (Å²) in [5.74, 6) is 0.278. The lowest BCUT2D eigenvalue weighted by molar-refractivity contribution is -0.122. The zero-order chi connectivity index (χ0) is 14.7. The molecule has 0 fully saturated rings. The molecule has 2 N–H and O–H groups in total. The lowest BCUT2D eigenvalue weighted by atomic mass is 10.0. The van der Waals surface area contributed by atoms with Crippen molar-refractivity contribution in [1.29, 1.82) is 0 Å². The quantitative estimate of drug-likeness (QED) is 0.860. The van der Waals surface area contributed by atoms with Crippen LogP contribution in [-0.4, -0.2) is 21.1 Å². The van der Waals surface area contributed by atoms with Crippen molar-refractivity contribution in [2.45, 2.75) is 25.8 Å². The van der Waals surface area contributed by atoms with Gasteiger partial charge in [0.25, 0.3) is 5.56 Å². The molecule has 21 heavy (non-hydrogen) atoms. The average Bonchev–Trinajstić information content (AvgIpc) is 2.88. The van der Waals surface area contributed by atoms with Gasteiger partial charge >= 0.3 is 0 Å². The fourth-order valence-electron chi connectivity index (χ4n) is 2.74. The molecule has 0 bridgehead atoms. The number of benzene rings is 1. The van der Waals surface area contributed by atoms with Crippen LogP contribution in [0.15, 0.2) is 35.4 Å². The third-order valence-corrected chi connectivity index (χ3v) is 3.76. The first-order valence-corrected chi connectivity index (χ1v) is 6.95. The second-order valence-electron chi connectivity index (χ2n) is 5.29. The number of hydrogen-bond acceptors (Lipinski definition) is 4. The Balaban J connectivity index is 1.52. The molecule has 1 heterocycles. The molecular weight excluding hydrogens is 268 g/mol. The zero-order valence-electron chi connectivity index (χ0n) is 11.5. The van der Waals surface area contributed by atoms with Crippen LogP contribution < -0.4 is 10.9 Å². The van der Waals surface area contributed by atoms with Gasteiger partial charge in [0.1, 0.15) is 12.0 Å². The molecule has 108 valence electrons. The number of aromatic amines is 1. The van der Waals surface area contributed by atoms with Crippen molar-refractivity contribution < 1.29 is 4.79 Å². The number of amides is 1. The number of nitrogens with one attached hydrogen (secondary N) is 2. The summed E-state index contributed by atoms with van der Waals surface area (Å²) in [7, 11) is 0. The van der Waals surface area contributed by atoms with Crippen LogP contribution in [0.2, 0.25) is 0 Å². The van der Waals surface area contributed by atoms with Crippen LogP contribution in [0.25, 0.3) is 0 Å². The molecule has 1 aromatic heterocycles. The molecule has 1 amide bonds. The monoisotopic (exact) mass is 284 g/mol. The highest BCUT2D eigenvalue weighted by Crippen LogP contribution is 2.28. The van der Waals surface area contributed by atoms with Gasteiger partial charge in [-0.05, 0) is 29.9 Å². The molecule has 1 aliphatic rings. The Kier molecular flexibility index (Phi) is 3.77. The van der Waals surface area contributed by atoms with Crippen LogP contribution in [0.1, 0.15) is 23.2 Å². The first-order valence-electron chi connectivity index (χ1n) is 6.95. The van der Waals surface area contributed by atoms with E-state index in [1.165, 1.54) is 17.5 Å². The van der Waals surface area contributed by atoms with Crippen molar-refractivity contribution in [2.24, 2.45) is 5.92 Å². The second kappa shape index (κ2) is 5.87. The lowest BCUT2D eigenvalue weighted by Gasteiger charge is -2.09. The van der Waals surface area contributed by atoms with Crippen LogP contribution in [0.4, 0.5) is 0 Å². The minimum Gasteiger partial charge on any atom is -0.350 e. The smallest absolute Gasteiger partial charge is 0.274 e. The third kappa shape index (κ3) is 3.16. The average molecular weight is 284 g/mol. The maximum atomic E-state index is 12.0. The minimum absolute atomic E-state index is 0.0575. The Hall–Kier alpha value is -2.50. The van der Waals surface area contributed by atoms with Gasteiger partial charge in [-0.3, -0.25) is 9.59 Å². The van der Waals surface area contributed by atoms with Gasteiger partial charge in [0.05, 0.1) is 6.54 Å². The first-order chi connectivity index (χ1) is 10.2. The van der Waals surface area contributed by atoms with Crippen LogP contribution in [-0.2, 0) is 24.2 Å². The number of carbonyl (C=O) groups is 1. The van der Waals surface area contributed by atoms with Gasteiger partial charge in [0.15, 0.2) is 0 Å². The van der Waals surface area contributed by atoms with Crippen LogP contribution in [0.3, 0.4) is 0 Å². The van der Waals surface area contributed by atoms with E-state index in [9.17, 15) is 9.59 Å². The van der Waals surface area contributed by atoms with Crippen molar-refractivity contribution in [2.75, 3.05) is 0 Å². The third-order valence-electron chi connectivity index (χ3n) is 3.76. The minimum atomic E-state index is -0.321. The van der Waals surface area contributed by atoms with E-state index in [0.29, 0.717) is 12.3 Å². The van der Waals surface area contributed by atoms with Gasteiger partial charge in [0, 0.05) is 6.42 Å². The molecule has 0 aliphatic heterocycles. The molecular formula is C15H16N4O2. The first kappa shape index (κ1) is 13.5. The van der Waals surface area contributed by atoms with E-state index in [0.717, 1.165) is 12.8 Å². The highest BCUT2D eigenvalue weighted by Gasteiger charge is 2.23. The summed E-state index contributed by atoms with van der Waals surface area (Å²) in [4.78, 5) is 25.8. The predicted octanol–water partition coefficient (Wildman–Crippen LogP) is 0.586. The van der Waals surface area contributed by atoms with Crippen molar-refractivity contribution in [1.82, 2.24) is 20.5 Å². The lowest BCUT2D eigenvalue weighted by Crippen LogP contribution is -2.29. The Bertz CT molecular complexity index is 686. The molecule has 0 spiro atoms. The van der Waals surface area contributed by atoms with Gasteiger partial charge in [0.2, 0.25) is 5.91 Å². The highest BCUT2D eigenvalue weighted by atomic mass is 16.1. The summed E-state index contributed by atoms with van der Waals surface area (Å²) in [5, 5.41) is 10.0. The standard InChI is InChI=1S/C15H16N4O2/c20-14(16-8-13-15(21)17-9-18-19-13)7-10-5-11-3-1-2-4-12(11)6-10/h1-4,9-10H,5-8H2,(H,16,20)(H,17,18,21). The topological polar surface area (TPSA) is 87.7 Å². The molecule has 1 aliphatic carbocycles. The largest absolute Gasteiger partial charge is 0.350 e. The molecule has 0 saturated carbocycles. The maximum Gasteiger partial charge on any atom is 0.274 e. The molecule has 3 rings (SSSR count).